The zero-order valence-corrected chi connectivity index (χ0v) is 11.6. The topological polar surface area (TPSA) is 89.8 Å². The Kier molecular flexibility index (Phi) is 10.4. The Labute approximate surface area is 114 Å². The van der Waals surface area contributed by atoms with Crippen LogP contribution in [0.4, 0.5) is 0 Å². The lowest BCUT2D eigenvalue weighted by Gasteiger charge is -2.33. The summed E-state index contributed by atoms with van der Waals surface area (Å²) in [6.07, 6.45) is 8.14. The number of aliphatic hydroxyl groups is 2. The first-order valence-corrected chi connectivity index (χ1v) is 6.59. The van der Waals surface area contributed by atoms with E-state index < -0.39 is 30.5 Å². The van der Waals surface area contributed by atoms with Crippen molar-refractivity contribution in [3.05, 3.63) is 12.2 Å². The average molecular weight is 275 g/mol. The summed E-state index contributed by atoms with van der Waals surface area (Å²) in [5, 5.41) is 28.9. The molecule has 0 unspecified atom stereocenters. The average Bonchev–Trinajstić information content (AvgIpc) is 2.40. The molecular weight excluding hydrogens is 250 g/mol. The van der Waals surface area contributed by atoms with Crippen LogP contribution in [0, 0.1) is 0 Å². The van der Waals surface area contributed by atoms with Gasteiger partial charge in [0.25, 0.3) is 0 Å². The molecule has 0 spiro atoms. The smallest absolute Gasteiger partial charge is 0.187 e. The van der Waals surface area contributed by atoms with Crippen molar-refractivity contribution in [3.63, 3.8) is 0 Å². The Morgan fingerprint density at radius 2 is 1.89 bits per heavy atom. The summed E-state index contributed by atoms with van der Waals surface area (Å²) in [5.41, 5.74) is 0. The molecule has 0 rings (SSSR count). The van der Waals surface area contributed by atoms with E-state index in [1.807, 2.05) is 0 Å². The van der Waals surface area contributed by atoms with Gasteiger partial charge in [-0.15, -0.1) is 0 Å². The zero-order valence-electron chi connectivity index (χ0n) is 11.6. The molecule has 6 heteroatoms. The molecule has 0 aliphatic carbocycles. The van der Waals surface area contributed by atoms with Crippen LogP contribution in [0.25, 0.3) is 0 Å². The number of carbonyl (C=O) groups excluding carboxylic acids is 1. The van der Waals surface area contributed by atoms with Crippen LogP contribution in [0.5, 0.6) is 0 Å². The van der Waals surface area contributed by atoms with Crippen molar-refractivity contribution in [2.24, 2.45) is 0 Å². The third-order valence-electron chi connectivity index (χ3n) is 2.71. The lowest BCUT2D eigenvalue weighted by Crippen LogP contribution is -2.56. The minimum Gasteiger partial charge on any atom is -0.544 e. The van der Waals surface area contributed by atoms with Gasteiger partial charge in [-0.05, 0) is 19.3 Å². The number of hydrogen-bond donors (Lipinski definition) is 2. The van der Waals surface area contributed by atoms with Crippen LogP contribution in [0.2, 0.25) is 0 Å². The second-order valence-electron chi connectivity index (χ2n) is 4.59. The van der Waals surface area contributed by atoms with Crippen molar-refractivity contribution in [2.45, 2.75) is 32.6 Å². The quantitative estimate of drug-likeness (QED) is 0.218. The summed E-state index contributed by atoms with van der Waals surface area (Å²) >= 11 is 0. The number of nitrogens with zero attached hydrogens (tertiary/aromatic N) is 1. The largest absolute Gasteiger partial charge is 0.544 e. The molecule has 0 saturated heterocycles. The molecule has 112 valence electrons. The maximum absolute atomic E-state index is 10.6. The van der Waals surface area contributed by atoms with Crippen LogP contribution in [0.3, 0.4) is 0 Å². The number of hydrogen-bond acceptors (Lipinski definition) is 5. The second-order valence-corrected chi connectivity index (χ2v) is 4.59. The minimum absolute atomic E-state index is 0.0420. The summed E-state index contributed by atoms with van der Waals surface area (Å²) in [6, 6.07) is 0. The van der Waals surface area contributed by atoms with Crippen molar-refractivity contribution in [1.29, 1.82) is 0 Å². The molecule has 6 nitrogen and oxygen atoms in total. The van der Waals surface area contributed by atoms with Gasteiger partial charge >= 0.3 is 0 Å². The molecule has 0 radical (unpaired) electrons. The fraction of sp³-hybridized carbons (Fsp3) is 0.769. The summed E-state index contributed by atoms with van der Waals surface area (Å²) in [5.74, 6) is -1.32. The molecule has 0 aliphatic heterocycles. The number of ether oxygens (including phenoxy) is 1. The normalized spacial score (nSPS) is 12.2. The number of carbonyl (C=O) groups is 1. The number of aliphatic carboxylic acids is 1. The third-order valence-corrected chi connectivity index (χ3v) is 2.71. The Balaban J connectivity index is 3.84. The van der Waals surface area contributed by atoms with E-state index in [0.29, 0.717) is 6.61 Å². The number of allylic oxidation sites excluding steroid dienone is 2. The highest BCUT2D eigenvalue weighted by Gasteiger charge is 2.25. The second kappa shape index (κ2) is 10.9. The summed E-state index contributed by atoms with van der Waals surface area (Å²) in [4.78, 5) is 10.6. The number of carboxylic acids is 1. The highest BCUT2D eigenvalue weighted by Crippen LogP contribution is 2.05. The van der Waals surface area contributed by atoms with Crippen LogP contribution in [-0.4, -0.2) is 54.0 Å². The van der Waals surface area contributed by atoms with E-state index in [-0.39, 0.29) is 6.73 Å². The SMILES string of the molecule is CCC/C=C/CCCOC[N+](CO)(CO)CC(=O)[O-]. The Bertz CT molecular complexity index is 264. The van der Waals surface area contributed by atoms with E-state index >= 15 is 0 Å². The maximum atomic E-state index is 10.6. The molecule has 0 heterocycles. The van der Waals surface area contributed by atoms with Crippen molar-refractivity contribution >= 4 is 5.97 Å². The Morgan fingerprint density at radius 1 is 1.26 bits per heavy atom. The van der Waals surface area contributed by atoms with E-state index in [4.69, 9.17) is 14.9 Å². The van der Waals surface area contributed by atoms with Gasteiger partial charge in [0.1, 0.15) is 6.54 Å². The van der Waals surface area contributed by atoms with Crippen LogP contribution in [0.1, 0.15) is 32.6 Å². The molecule has 0 aromatic rings. The summed E-state index contributed by atoms with van der Waals surface area (Å²) in [7, 11) is 0. The van der Waals surface area contributed by atoms with Crippen LogP contribution in [0.15, 0.2) is 12.2 Å². The first-order chi connectivity index (χ1) is 9.10. The monoisotopic (exact) mass is 275 g/mol. The van der Waals surface area contributed by atoms with Crippen LogP contribution < -0.4 is 5.11 Å². The number of carboxylic acid groups (broad SMARTS) is 1. The summed E-state index contributed by atoms with van der Waals surface area (Å²) < 4.78 is 4.87. The van der Waals surface area contributed by atoms with Gasteiger partial charge in [-0.2, -0.15) is 0 Å². The number of rotatable bonds is 12. The van der Waals surface area contributed by atoms with Gasteiger partial charge in [-0.1, -0.05) is 25.5 Å². The summed E-state index contributed by atoms with van der Waals surface area (Å²) in [6.45, 7) is 1.07. The van der Waals surface area contributed by atoms with E-state index in [1.165, 1.54) is 0 Å². The lowest BCUT2D eigenvalue weighted by atomic mass is 10.2. The number of aliphatic hydroxyl groups excluding tert-OH is 2. The maximum Gasteiger partial charge on any atom is 0.187 e. The molecule has 0 aromatic carbocycles. The highest BCUT2D eigenvalue weighted by molar-refractivity contribution is 5.65. The van der Waals surface area contributed by atoms with Crippen molar-refractivity contribution in [3.8, 4) is 0 Å². The molecule has 2 N–H and O–H groups in total. The van der Waals surface area contributed by atoms with Gasteiger partial charge in [0.05, 0.1) is 12.6 Å². The molecule has 0 saturated carbocycles. The molecule has 0 aliphatic rings. The van der Waals surface area contributed by atoms with Gasteiger partial charge in [-0.3, -0.25) is 4.48 Å². The standard InChI is InChI=1S/C13H25NO5/c1-2-3-4-5-6-7-8-19-12-14(10-15,11-16)9-13(17)18/h4-5,15-16H,2-3,6-12H2,1H3/b5-4+. The Morgan fingerprint density at radius 3 is 2.42 bits per heavy atom. The van der Waals surface area contributed by atoms with Gasteiger partial charge in [0.2, 0.25) is 0 Å². The van der Waals surface area contributed by atoms with Crippen LogP contribution >= 0.6 is 0 Å². The molecular formula is C13H25NO5. The van der Waals surface area contributed by atoms with E-state index in [1.54, 1.807) is 0 Å². The van der Waals surface area contributed by atoms with Crippen molar-refractivity contribution < 1.29 is 29.3 Å². The van der Waals surface area contributed by atoms with Crippen molar-refractivity contribution in [2.75, 3.05) is 33.3 Å². The van der Waals surface area contributed by atoms with Gasteiger partial charge in [-0.25, -0.2) is 0 Å². The number of unbranched alkanes of at least 4 members (excludes halogenated alkanes) is 2. The van der Waals surface area contributed by atoms with E-state index in [9.17, 15) is 9.90 Å². The first kappa shape index (κ1) is 18.0. The molecule has 0 atom stereocenters. The molecule has 0 fully saturated rings. The third kappa shape index (κ3) is 8.72. The Hall–Kier alpha value is -0.950. The first-order valence-electron chi connectivity index (χ1n) is 6.59. The lowest BCUT2D eigenvalue weighted by molar-refractivity contribution is -0.972. The highest BCUT2D eigenvalue weighted by atomic mass is 16.5. The van der Waals surface area contributed by atoms with Gasteiger partial charge in [0.15, 0.2) is 20.2 Å². The molecule has 0 aromatic heterocycles. The van der Waals surface area contributed by atoms with Gasteiger partial charge in [0, 0.05) is 0 Å². The molecule has 0 amide bonds. The number of quaternary nitrogens is 1. The van der Waals surface area contributed by atoms with E-state index in [0.717, 1.165) is 25.7 Å². The molecule has 19 heavy (non-hydrogen) atoms. The predicted molar refractivity (Wildman–Crippen MR) is 68.4 cm³/mol. The minimum atomic E-state index is -1.32. The van der Waals surface area contributed by atoms with Gasteiger partial charge < -0.3 is 24.9 Å². The fourth-order valence-corrected chi connectivity index (χ4v) is 1.51. The van der Waals surface area contributed by atoms with Crippen LogP contribution in [-0.2, 0) is 9.53 Å². The molecule has 0 bridgehead atoms. The fourth-order valence-electron chi connectivity index (χ4n) is 1.51. The van der Waals surface area contributed by atoms with E-state index in [2.05, 4.69) is 19.1 Å². The zero-order chi connectivity index (χ0) is 14.6. The van der Waals surface area contributed by atoms with Crippen molar-refractivity contribution in [1.82, 2.24) is 0 Å². The predicted octanol–water partition coefficient (Wildman–Crippen LogP) is -0.437.